The molecule has 1 aliphatic heterocycles. The molecule has 7 heteroatoms. The van der Waals surface area contributed by atoms with E-state index in [2.05, 4.69) is 5.92 Å². The summed E-state index contributed by atoms with van der Waals surface area (Å²) in [5, 5.41) is 21.5. The van der Waals surface area contributed by atoms with Crippen molar-refractivity contribution in [2.45, 2.75) is 57.8 Å². The Morgan fingerprint density at radius 2 is 1.82 bits per heavy atom. The number of aliphatic hydroxyl groups excluding tert-OH is 1. The van der Waals surface area contributed by atoms with E-state index >= 15 is 0 Å². The number of nitrogens with zero attached hydrogens (tertiary/aromatic N) is 2. The minimum absolute atomic E-state index is 0. The molecule has 156 valence electrons. The molecule has 1 N–H and O–H groups in total. The van der Waals surface area contributed by atoms with E-state index < -0.39 is 11.7 Å². The van der Waals surface area contributed by atoms with Crippen LogP contribution in [0.5, 0.6) is 0 Å². The maximum Gasteiger partial charge on any atom is 0.269 e. The number of non-ortho nitro benzene ring substituents is 1. The molecule has 1 atom stereocenters. The summed E-state index contributed by atoms with van der Waals surface area (Å²) >= 11 is 0. The number of hydrogen-bond acceptors (Lipinski definition) is 4. The van der Waals surface area contributed by atoms with Gasteiger partial charge in [-0.25, -0.2) is 0 Å². The van der Waals surface area contributed by atoms with Crippen molar-refractivity contribution < 1.29 is 31.7 Å². The fourth-order valence-corrected chi connectivity index (χ4v) is 3.72. The van der Waals surface area contributed by atoms with Crippen LogP contribution in [-0.2, 0) is 11.3 Å². The van der Waals surface area contributed by atoms with Gasteiger partial charge in [-0.3, -0.25) is 10.1 Å². The molecule has 2 rings (SSSR count). The highest BCUT2D eigenvalue weighted by molar-refractivity contribution is 5.32. The summed E-state index contributed by atoms with van der Waals surface area (Å²) in [6.07, 6.45) is 9.50. The van der Waals surface area contributed by atoms with Gasteiger partial charge in [-0.2, -0.15) is 0 Å². The summed E-state index contributed by atoms with van der Waals surface area (Å²) in [6.45, 7) is 7.17. The van der Waals surface area contributed by atoms with Crippen LogP contribution in [0.1, 0.15) is 45.1 Å². The first-order valence-electron chi connectivity index (χ1n) is 9.63. The number of nitro benzene ring substituents is 1. The second-order valence-corrected chi connectivity index (χ2v) is 8.09. The lowest BCUT2D eigenvalue weighted by molar-refractivity contribution is -0.943. The van der Waals surface area contributed by atoms with Gasteiger partial charge in [0.25, 0.3) is 5.69 Å². The van der Waals surface area contributed by atoms with Crippen LogP contribution in [0.25, 0.3) is 0 Å². The molecule has 28 heavy (non-hydrogen) atoms. The van der Waals surface area contributed by atoms with Gasteiger partial charge in [-0.15, -0.1) is 6.42 Å². The van der Waals surface area contributed by atoms with E-state index in [-0.39, 0.29) is 29.6 Å². The molecular weight excluding hydrogens is 380 g/mol. The molecule has 0 amide bonds. The second-order valence-electron chi connectivity index (χ2n) is 8.09. The number of hydrogen-bond donors (Lipinski definition) is 1. The minimum atomic E-state index is -0.692. The zero-order chi connectivity index (χ0) is 19.9. The molecule has 1 unspecified atom stereocenters. The van der Waals surface area contributed by atoms with Gasteiger partial charge in [-0.05, 0) is 51.7 Å². The first-order valence-corrected chi connectivity index (χ1v) is 9.63. The van der Waals surface area contributed by atoms with Crippen molar-refractivity contribution in [3.8, 4) is 12.3 Å². The molecule has 6 nitrogen and oxygen atoms in total. The Balaban J connectivity index is 0.00000392. The second kappa shape index (κ2) is 10.8. The monoisotopic (exact) mass is 410 g/mol. The average molecular weight is 411 g/mol. The summed E-state index contributed by atoms with van der Waals surface area (Å²) in [4.78, 5) is 10.5. The van der Waals surface area contributed by atoms with Crippen LogP contribution in [0.15, 0.2) is 24.3 Å². The largest absolute Gasteiger partial charge is 1.00 e. The van der Waals surface area contributed by atoms with E-state index in [1.54, 1.807) is 12.1 Å². The molecule has 0 aromatic heterocycles. The molecule has 1 aliphatic rings. The van der Waals surface area contributed by atoms with E-state index in [9.17, 15) is 15.2 Å². The fraction of sp³-hybridized carbons (Fsp3) is 0.619. The Hall–Kier alpha value is -1.65. The van der Waals surface area contributed by atoms with Crippen LogP contribution in [-0.4, -0.2) is 52.5 Å². The highest BCUT2D eigenvalue weighted by Crippen LogP contribution is 2.24. The van der Waals surface area contributed by atoms with Crippen LogP contribution >= 0.6 is 0 Å². The molecule has 1 fully saturated rings. The lowest BCUT2D eigenvalue weighted by Gasteiger charge is -2.39. The predicted molar refractivity (Wildman–Crippen MR) is 105 cm³/mol. The fourth-order valence-electron chi connectivity index (χ4n) is 3.72. The van der Waals surface area contributed by atoms with Gasteiger partial charge >= 0.3 is 0 Å². The molecule has 1 heterocycles. The third-order valence-electron chi connectivity index (χ3n) is 5.26. The van der Waals surface area contributed by atoms with E-state index in [0.29, 0.717) is 6.54 Å². The number of benzene rings is 1. The van der Waals surface area contributed by atoms with Gasteiger partial charge in [0.2, 0.25) is 0 Å². The molecule has 0 bridgehead atoms. The quantitative estimate of drug-likeness (QED) is 0.289. The zero-order valence-electron chi connectivity index (χ0n) is 16.8. The number of aliphatic hydroxyl groups is 1. The van der Waals surface area contributed by atoms with Crippen molar-refractivity contribution in [1.82, 2.24) is 0 Å². The predicted octanol–water partition coefficient (Wildman–Crippen LogP) is 0.279. The number of likely N-dealkylation sites (tertiary alicyclic amines) is 1. The normalized spacial score (nSPS) is 17.6. The summed E-state index contributed by atoms with van der Waals surface area (Å²) in [5.74, 6) is 2.58. The van der Waals surface area contributed by atoms with Crippen LogP contribution in [0.4, 0.5) is 5.69 Å². The number of halogens is 1. The molecule has 0 saturated carbocycles. The highest BCUT2D eigenvalue weighted by atomic mass is 35.5. The van der Waals surface area contributed by atoms with Crippen molar-refractivity contribution in [2.24, 2.45) is 0 Å². The molecule has 0 aliphatic carbocycles. The Morgan fingerprint density at radius 3 is 2.32 bits per heavy atom. The molecule has 0 radical (unpaired) electrons. The third-order valence-corrected chi connectivity index (χ3v) is 5.26. The van der Waals surface area contributed by atoms with Gasteiger partial charge in [0.1, 0.15) is 24.8 Å². The van der Waals surface area contributed by atoms with Gasteiger partial charge in [0.15, 0.2) is 0 Å². The molecule has 1 aromatic carbocycles. The lowest BCUT2D eigenvalue weighted by atomic mass is 10.1. The summed E-state index contributed by atoms with van der Waals surface area (Å²) < 4.78 is 6.46. The first-order chi connectivity index (χ1) is 12.8. The van der Waals surface area contributed by atoms with Crippen molar-refractivity contribution >= 4 is 5.69 Å². The summed E-state index contributed by atoms with van der Waals surface area (Å²) in [6, 6.07) is 6.76. The van der Waals surface area contributed by atoms with Crippen molar-refractivity contribution in [1.29, 1.82) is 0 Å². The topological polar surface area (TPSA) is 72.6 Å². The number of quaternary nitrogens is 1. The Bertz CT molecular complexity index is 662. The minimum Gasteiger partial charge on any atom is -1.00 e. The highest BCUT2D eigenvalue weighted by Gasteiger charge is 2.32. The summed E-state index contributed by atoms with van der Waals surface area (Å²) in [5.41, 5.74) is 0.467. The standard InChI is InChI=1S/C21H31N2O4.ClH/c1-4-21(2,3)27-17-20(24)16-23(13-7-5-6-8-14-23)15-18-9-11-19(12-10-18)22(25)26;/h1,9-12,20,24H,5-8,13-17H2,2-3H3;1H/q+1;/p-1. The zero-order valence-corrected chi connectivity index (χ0v) is 17.5. The lowest BCUT2D eigenvalue weighted by Crippen LogP contribution is -3.00. The third kappa shape index (κ3) is 7.40. The van der Waals surface area contributed by atoms with Crippen LogP contribution < -0.4 is 12.4 Å². The maximum atomic E-state index is 10.9. The molecule has 0 spiro atoms. The Kier molecular flexibility index (Phi) is 9.38. The summed E-state index contributed by atoms with van der Waals surface area (Å²) in [7, 11) is 0. The van der Waals surface area contributed by atoms with Gasteiger partial charge < -0.3 is 26.7 Å². The molecule has 1 saturated heterocycles. The van der Waals surface area contributed by atoms with Crippen molar-refractivity contribution in [3.05, 3.63) is 39.9 Å². The Labute approximate surface area is 174 Å². The van der Waals surface area contributed by atoms with E-state index in [1.807, 2.05) is 26.0 Å². The van der Waals surface area contributed by atoms with Crippen LogP contribution in [0, 0.1) is 22.5 Å². The number of terminal acetylenes is 1. The van der Waals surface area contributed by atoms with Gasteiger partial charge in [0, 0.05) is 17.7 Å². The number of ether oxygens (including phenoxy) is 1. The Morgan fingerprint density at radius 1 is 1.25 bits per heavy atom. The van der Waals surface area contributed by atoms with E-state index in [0.717, 1.165) is 42.5 Å². The first kappa shape index (κ1) is 24.4. The number of rotatable bonds is 8. The maximum absolute atomic E-state index is 10.9. The smallest absolute Gasteiger partial charge is 0.269 e. The van der Waals surface area contributed by atoms with E-state index in [4.69, 9.17) is 11.2 Å². The van der Waals surface area contributed by atoms with Gasteiger partial charge in [-0.1, -0.05) is 5.92 Å². The van der Waals surface area contributed by atoms with Crippen LogP contribution in [0.3, 0.4) is 0 Å². The average Bonchev–Trinajstić information content (AvgIpc) is 2.86. The van der Waals surface area contributed by atoms with E-state index in [1.165, 1.54) is 12.8 Å². The van der Waals surface area contributed by atoms with Crippen molar-refractivity contribution in [3.63, 3.8) is 0 Å². The van der Waals surface area contributed by atoms with Crippen LogP contribution in [0.2, 0.25) is 0 Å². The SMILES string of the molecule is C#CC(C)(C)OCC(O)C[N+]1(Cc2ccc([N+](=O)[O-])cc2)CCCCCC1.[Cl-]. The van der Waals surface area contributed by atoms with Gasteiger partial charge in [0.05, 0.1) is 24.6 Å². The molecule has 1 aromatic rings. The van der Waals surface area contributed by atoms with Crippen molar-refractivity contribution in [2.75, 3.05) is 26.2 Å². The number of nitro groups is 1. The molecular formula is C21H31ClN2O4.